The van der Waals surface area contributed by atoms with Gasteiger partial charge in [-0.25, -0.2) is 4.79 Å². The number of carboxylic acids is 1. The molecule has 13 nitrogen and oxygen atoms in total. The molecule has 13 heteroatoms. The number of likely N-dealkylation sites (tertiary alicyclic amines) is 1. The second kappa shape index (κ2) is 18.5. The highest BCUT2D eigenvalue weighted by molar-refractivity contribution is 5.96. The third-order valence-electron chi connectivity index (χ3n) is 10.5. The molecular formula is C42H51N5O8. The van der Waals surface area contributed by atoms with Crippen molar-refractivity contribution in [1.29, 1.82) is 0 Å². The molecule has 0 bridgehead atoms. The van der Waals surface area contributed by atoms with Crippen LogP contribution in [0.5, 0.6) is 0 Å². The summed E-state index contributed by atoms with van der Waals surface area (Å²) in [6.45, 7) is 4.07. The first kappa shape index (κ1) is 40.5. The number of carboxylic acid groups (broad SMARTS) is 1. The lowest BCUT2D eigenvalue weighted by Crippen LogP contribution is -2.60. The largest absolute Gasteiger partial charge is 0.481 e. The number of likely N-dealkylation sites (N-methyl/N-ethyl adjacent to an activating group) is 2. The van der Waals surface area contributed by atoms with Gasteiger partial charge in [0.25, 0.3) is 0 Å². The average Bonchev–Trinajstić information content (AvgIpc) is 3.50. The molecule has 55 heavy (non-hydrogen) atoms. The van der Waals surface area contributed by atoms with Gasteiger partial charge in [0.1, 0.15) is 31.3 Å². The third-order valence-corrected chi connectivity index (χ3v) is 10.5. The molecule has 3 N–H and O–H groups in total. The fourth-order valence-corrected chi connectivity index (χ4v) is 7.59. The van der Waals surface area contributed by atoms with Gasteiger partial charge in [0.05, 0.1) is 6.42 Å². The molecule has 1 aliphatic carbocycles. The summed E-state index contributed by atoms with van der Waals surface area (Å²) in [5, 5.41) is 14.7. The predicted molar refractivity (Wildman–Crippen MR) is 206 cm³/mol. The van der Waals surface area contributed by atoms with Gasteiger partial charge in [-0.3, -0.25) is 24.0 Å². The molecule has 5 amide bonds. The molecule has 5 rings (SSSR count). The van der Waals surface area contributed by atoms with Crippen LogP contribution in [0, 0.1) is 5.92 Å². The van der Waals surface area contributed by atoms with Crippen LogP contribution < -0.4 is 10.6 Å². The van der Waals surface area contributed by atoms with Crippen LogP contribution in [0.25, 0.3) is 11.1 Å². The van der Waals surface area contributed by atoms with E-state index in [1.165, 1.54) is 23.9 Å². The first-order chi connectivity index (χ1) is 26.4. The summed E-state index contributed by atoms with van der Waals surface area (Å²) in [6.07, 6.45) is 1.28. The number of ether oxygens (including phenoxy) is 1. The summed E-state index contributed by atoms with van der Waals surface area (Å²) in [5.74, 6) is -4.10. The van der Waals surface area contributed by atoms with Crippen LogP contribution in [0.3, 0.4) is 0 Å². The second-order valence-corrected chi connectivity index (χ2v) is 14.6. The van der Waals surface area contributed by atoms with Crippen LogP contribution in [0.4, 0.5) is 4.79 Å². The minimum atomic E-state index is -1.30. The summed E-state index contributed by atoms with van der Waals surface area (Å²) in [5.41, 5.74) is 5.05. The molecule has 3 aromatic rings. The lowest BCUT2D eigenvalue weighted by atomic mass is 9.98. The number of carbonyl (C=O) groups is 6. The fourth-order valence-electron chi connectivity index (χ4n) is 7.59. The van der Waals surface area contributed by atoms with Crippen molar-refractivity contribution in [3.05, 3.63) is 95.6 Å². The number of benzene rings is 3. The topological polar surface area (TPSA) is 166 Å². The predicted octanol–water partition coefficient (Wildman–Crippen LogP) is 4.05. The zero-order chi connectivity index (χ0) is 39.6. The molecule has 1 fully saturated rings. The Balaban J connectivity index is 1.26. The van der Waals surface area contributed by atoms with Gasteiger partial charge in [0.15, 0.2) is 0 Å². The molecule has 1 aliphatic heterocycles. The van der Waals surface area contributed by atoms with E-state index < -0.39 is 72.7 Å². The SMILES string of the molecule is CC(C)[C@@H](C(=O)N[C@@H](CC(=O)O)C(=O)N1CCCCC1)N(C)C(=O)[C@H](Cc1ccccc1)N(C)C(=O)CNC(=O)OCC1c2ccccc2-c2ccccc21. The highest BCUT2D eigenvalue weighted by atomic mass is 16.5. The number of aliphatic carboxylic acids is 1. The third kappa shape index (κ3) is 9.88. The van der Waals surface area contributed by atoms with Crippen molar-refractivity contribution in [3.63, 3.8) is 0 Å². The standard InChI is InChI=1S/C42H51N5O8/c1-27(2)38(39(51)44-34(24-37(49)50)40(52)47-21-13-6-14-22-47)46(4)41(53)35(23-28-15-7-5-8-16-28)45(3)36(48)25-43-42(54)55-26-33-31-19-11-9-17-29(31)30-18-10-12-20-32(30)33/h5,7-12,15-20,27,33-35,38H,6,13-14,21-26H2,1-4H3,(H,43,54)(H,44,51)(H,49,50)/t34-,35-,38-/m0/s1. The van der Waals surface area contributed by atoms with E-state index in [0.717, 1.165) is 47.1 Å². The Labute approximate surface area is 322 Å². The molecule has 1 heterocycles. The van der Waals surface area contributed by atoms with E-state index in [1.807, 2.05) is 78.9 Å². The molecule has 0 radical (unpaired) electrons. The van der Waals surface area contributed by atoms with Crippen molar-refractivity contribution in [1.82, 2.24) is 25.3 Å². The van der Waals surface area contributed by atoms with Gasteiger partial charge in [0, 0.05) is 39.5 Å². The average molecular weight is 754 g/mol. The molecular weight excluding hydrogens is 702 g/mol. The molecule has 3 atom stereocenters. The van der Waals surface area contributed by atoms with Gasteiger partial charge in [-0.2, -0.15) is 0 Å². The number of amides is 5. The Morgan fingerprint density at radius 1 is 0.818 bits per heavy atom. The van der Waals surface area contributed by atoms with Crippen LogP contribution in [-0.4, -0.2) is 114 Å². The zero-order valence-electron chi connectivity index (χ0n) is 31.9. The van der Waals surface area contributed by atoms with Crippen LogP contribution in [0.15, 0.2) is 78.9 Å². The smallest absolute Gasteiger partial charge is 0.407 e. The number of nitrogens with zero attached hydrogens (tertiary/aromatic N) is 3. The number of carbonyl (C=O) groups excluding carboxylic acids is 5. The van der Waals surface area contributed by atoms with Gasteiger partial charge >= 0.3 is 12.1 Å². The summed E-state index contributed by atoms with van der Waals surface area (Å²) in [6, 6.07) is 21.5. The summed E-state index contributed by atoms with van der Waals surface area (Å²) in [7, 11) is 2.92. The number of rotatable bonds is 15. The Hall–Kier alpha value is -5.72. The van der Waals surface area contributed by atoms with Crippen molar-refractivity contribution in [3.8, 4) is 11.1 Å². The Kier molecular flexibility index (Phi) is 13.6. The van der Waals surface area contributed by atoms with Crippen LogP contribution in [0.2, 0.25) is 0 Å². The molecule has 0 spiro atoms. The van der Waals surface area contributed by atoms with E-state index in [4.69, 9.17) is 4.74 Å². The maximum Gasteiger partial charge on any atom is 0.407 e. The molecule has 0 unspecified atom stereocenters. The molecule has 0 aromatic heterocycles. The number of piperidine rings is 1. The first-order valence-corrected chi connectivity index (χ1v) is 18.8. The Morgan fingerprint density at radius 2 is 1.40 bits per heavy atom. The quantitative estimate of drug-likeness (QED) is 0.209. The van der Waals surface area contributed by atoms with E-state index in [1.54, 1.807) is 18.7 Å². The molecule has 2 aliphatic rings. The van der Waals surface area contributed by atoms with Gasteiger partial charge in [-0.05, 0) is 53.0 Å². The maximum absolute atomic E-state index is 14.3. The monoisotopic (exact) mass is 753 g/mol. The van der Waals surface area contributed by atoms with Gasteiger partial charge in [-0.1, -0.05) is 92.7 Å². The van der Waals surface area contributed by atoms with Crippen LogP contribution in [0.1, 0.15) is 62.1 Å². The fraction of sp³-hybridized carbons (Fsp3) is 0.429. The van der Waals surface area contributed by atoms with E-state index >= 15 is 0 Å². The van der Waals surface area contributed by atoms with E-state index in [9.17, 15) is 33.9 Å². The minimum absolute atomic E-state index is 0.0689. The highest BCUT2D eigenvalue weighted by Gasteiger charge is 2.39. The normalized spacial score (nSPS) is 15.2. The first-order valence-electron chi connectivity index (χ1n) is 18.8. The summed E-state index contributed by atoms with van der Waals surface area (Å²) >= 11 is 0. The number of fused-ring (bicyclic) bond motifs is 3. The number of hydrogen-bond acceptors (Lipinski definition) is 7. The number of nitrogens with one attached hydrogen (secondary N) is 2. The van der Waals surface area contributed by atoms with Crippen LogP contribution in [-0.2, 0) is 35.1 Å². The van der Waals surface area contributed by atoms with Gasteiger partial charge < -0.3 is 35.2 Å². The summed E-state index contributed by atoms with van der Waals surface area (Å²) < 4.78 is 5.60. The van der Waals surface area contributed by atoms with Gasteiger partial charge in [-0.15, -0.1) is 0 Å². The Morgan fingerprint density at radius 3 is 1.98 bits per heavy atom. The van der Waals surface area contributed by atoms with Gasteiger partial charge in [0.2, 0.25) is 23.6 Å². The molecule has 3 aromatic carbocycles. The second-order valence-electron chi connectivity index (χ2n) is 14.6. The Bertz CT molecular complexity index is 1820. The molecule has 0 saturated carbocycles. The van der Waals surface area contributed by atoms with Crippen molar-refractivity contribution in [2.45, 2.75) is 70.0 Å². The van der Waals surface area contributed by atoms with E-state index in [-0.39, 0.29) is 18.9 Å². The molecule has 1 saturated heterocycles. The number of alkyl carbamates (subject to hydrolysis) is 1. The van der Waals surface area contributed by atoms with E-state index in [0.29, 0.717) is 13.1 Å². The zero-order valence-corrected chi connectivity index (χ0v) is 31.9. The summed E-state index contributed by atoms with van der Waals surface area (Å²) in [4.78, 5) is 83.9. The highest BCUT2D eigenvalue weighted by Crippen LogP contribution is 2.44. The lowest BCUT2D eigenvalue weighted by molar-refractivity contribution is -0.149. The lowest BCUT2D eigenvalue weighted by Gasteiger charge is -2.37. The van der Waals surface area contributed by atoms with Crippen molar-refractivity contribution in [2.75, 3.05) is 40.3 Å². The minimum Gasteiger partial charge on any atom is -0.481 e. The van der Waals surface area contributed by atoms with Crippen molar-refractivity contribution < 1.29 is 38.6 Å². The van der Waals surface area contributed by atoms with E-state index in [2.05, 4.69) is 10.6 Å². The van der Waals surface area contributed by atoms with Crippen molar-refractivity contribution >= 4 is 35.7 Å². The number of hydrogen-bond donors (Lipinski definition) is 3. The van der Waals surface area contributed by atoms with Crippen LogP contribution >= 0.6 is 0 Å². The maximum atomic E-state index is 14.3. The van der Waals surface area contributed by atoms with Crippen molar-refractivity contribution in [2.24, 2.45) is 5.92 Å². The molecule has 292 valence electrons.